The van der Waals surface area contributed by atoms with E-state index in [1.165, 1.54) is 0 Å². The van der Waals surface area contributed by atoms with Gasteiger partial charge in [-0.05, 0) is 31.0 Å². The second-order valence-corrected chi connectivity index (χ2v) is 5.00. The monoisotopic (exact) mass is 271 g/mol. The van der Waals surface area contributed by atoms with Gasteiger partial charge in [-0.2, -0.15) is 5.10 Å². The zero-order valence-corrected chi connectivity index (χ0v) is 11.1. The Morgan fingerprint density at radius 1 is 1.15 bits per heavy atom. The number of hydrogen-bond donors (Lipinski definition) is 1. The summed E-state index contributed by atoms with van der Waals surface area (Å²) >= 11 is 0. The molecule has 0 spiro atoms. The third kappa shape index (κ3) is 2.58. The number of nitrogens with zero attached hydrogens (tertiary/aromatic N) is 3. The van der Waals surface area contributed by atoms with E-state index in [9.17, 15) is 9.90 Å². The molecule has 1 fully saturated rings. The Hall–Kier alpha value is -2.14. The molecule has 0 aliphatic carbocycles. The first-order valence-corrected chi connectivity index (χ1v) is 6.82. The van der Waals surface area contributed by atoms with Crippen LogP contribution in [0.15, 0.2) is 42.6 Å². The van der Waals surface area contributed by atoms with Crippen LogP contribution in [-0.2, 0) is 0 Å². The number of para-hydroxylation sites is 1. The summed E-state index contributed by atoms with van der Waals surface area (Å²) in [6.07, 6.45) is 2.80. The van der Waals surface area contributed by atoms with Gasteiger partial charge in [0.1, 0.15) is 0 Å². The Balaban J connectivity index is 1.75. The van der Waals surface area contributed by atoms with Crippen LogP contribution in [0.3, 0.4) is 0 Å². The number of carbonyl (C=O) groups is 1. The summed E-state index contributed by atoms with van der Waals surface area (Å²) in [5.74, 6) is -0.0634. The fraction of sp³-hybridized carbons (Fsp3) is 0.333. The fourth-order valence-corrected chi connectivity index (χ4v) is 2.39. The largest absolute Gasteiger partial charge is 0.393 e. The van der Waals surface area contributed by atoms with Crippen LogP contribution in [0.25, 0.3) is 5.69 Å². The van der Waals surface area contributed by atoms with E-state index in [4.69, 9.17) is 0 Å². The lowest BCUT2D eigenvalue weighted by Gasteiger charge is -2.28. The number of rotatable bonds is 2. The minimum Gasteiger partial charge on any atom is -0.393 e. The SMILES string of the molecule is O=C(c1ccn(-c2ccccc2)n1)N1CCC(O)CC1. The molecule has 2 heterocycles. The van der Waals surface area contributed by atoms with E-state index in [2.05, 4.69) is 5.10 Å². The highest BCUT2D eigenvalue weighted by Gasteiger charge is 2.23. The quantitative estimate of drug-likeness (QED) is 0.900. The molecule has 1 aromatic heterocycles. The molecule has 0 saturated carbocycles. The Morgan fingerprint density at radius 2 is 1.85 bits per heavy atom. The number of aromatic nitrogens is 2. The van der Waals surface area contributed by atoms with Crippen LogP contribution in [0.2, 0.25) is 0 Å². The molecule has 2 aromatic rings. The molecule has 5 heteroatoms. The number of aliphatic hydroxyl groups is 1. The van der Waals surface area contributed by atoms with Crippen LogP contribution < -0.4 is 0 Å². The van der Waals surface area contributed by atoms with Crippen molar-refractivity contribution in [2.24, 2.45) is 0 Å². The molecule has 1 saturated heterocycles. The van der Waals surface area contributed by atoms with E-state index < -0.39 is 0 Å². The molecule has 0 unspecified atom stereocenters. The van der Waals surface area contributed by atoms with Crippen LogP contribution in [-0.4, -0.2) is 44.9 Å². The van der Waals surface area contributed by atoms with E-state index in [0.717, 1.165) is 5.69 Å². The highest BCUT2D eigenvalue weighted by molar-refractivity contribution is 5.92. The van der Waals surface area contributed by atoms with Crippen molar-refractivity contribution >= 4 is 5.91 Å². The smallest absolute Gasteiger partial charge is 0.274 e. The molecule has 0 radical (unpaired) electrons. The van der Waals surface area contributed by atoms with Gasteiger partial charge in [0, 0.05) is 19.3 Å². The molecule has 1 amide bonds. The Kier molecular flexibility index (Phi) is 3.52. The lowest BCUT2D eigenvalue weighted by molar-refractivity contribution is 0.0541. The molecule has 5 nitrogen and oxygen atoms in total. The first kappa shape index (κ1) is 12.9. The molecule has 1 aliphatic rings. The number of piperidine rings is 1. The Morgan fingerprint density at radius 3 is 2.55 bits per heavy atom. The van der Waals surface area contributed by atoms with E-state index in [-0.39, 0.29) is 12.0 Å². The Bertz CT molecular complexity index is 586. The molecule has 3 rings (SSSR count). The highest BCUT2D eigenvalue weighted by atomic mass is 16.3. The van der Waals surface area contributed by atoms with Gasteiger partial charge in [-0.25, -0.2) is 4.68 Å². The van der Waals surface area contributed by atoms with Crippen LogP contribution in [0, 0.1) is 0 Å². The summed E-state index contributed by atoms with van der Waals surface area (Å²) in [5.41, 5.74) is 1.38. The zero-order chi connectivity index (χ0) is 13.9. The number of carbonyl (C=O) groups excluding carboxylic acids is 1. The van der Waals surface area contributed by atoms with Crippen molar-refractivity contribution in [3.8, 4) is 5.69 Å². The van der Waals surface area contributed by atoms with Gasteiger partial charge >= 0.3 is 0 Å². The number of hydrogen-bond acceptors (Lipinski definition) is 3. The molecule has 0 bridgehead atoms. The fourth-order valence-electron chi connectivity index (χ4n) is 2.39. The van der Waals surface area contributed by atoms with Crippen molar-refractivity contribution in [1.82, 2.24) is 14.7 Å². The molecular formula is C15H17N3O2. The third-order valence-corrected chi connectivity index (χ3v) is 3.58. The average Bonchev–Trinajstić information content (AvgIpc) is 2.98. The predicted octanol–water partition coefficient (Wildman–Crippen LogP) is 1.47. The van der Waals surface area contributed by atoms with Crippen molar-refractivity contribution in [3.05, 3.63) is 48.3 Å². The lowest BCUT2D eigenvalue weighted by Crippen LogP contribution is -2.40. The van der Waals surface area contributed by atoms with Crippen LogP contribution >= 0.6 is 0 Å². The van der Waals surface area contributed by atoms with E-state index >= 15 is 0 Å². The minimum absolute atomic E-state index is 0.0634. The number of likely N-dealkylation sites (tertiary alicyclic amines) is 1. The summed E-state index contributed by atoms with van der Waals surface area (Å²) in [5, 5.41) is 13.8. The number of amides is 1. The van der Waals surface area contributed by atoms with Crippen molar-refractivity contribution in [1.29, 1.82) is 0 Å². The van der Waals surface area contributed by atoms with Crippen LogP contribution in [0.1, 0.15) is 23.3 Å². The van der Waals surface area contributed by atoms with Crippen molar-refractivity contribution < 1.29 is 9.90 Å². The summed E-state index contributed by atoms with van der Waals surface area (Å²) in [6.45, 7) is 1.19. The Labute approximate surface area is 117 Å². The summed E-state index contributed by atoms with van der Waals surface area (Å²) in [4.78, 5) is 14.1. The van der Waals surface area contributed by atoms with Gasteiger partial charge in [-0.1, -0.05) is 18.2 Å². The maximum absolute atomic E-state index is 12.3. The normalized spacial score (nSPS) is 16.4. The number of benzene rings is 1. The molecule has 1 N–H and O–H groups in total. The van der Waals surface area contributed by atoms with E-state index in [1.54, 1.807) is 21.8 Å². The van der Waals surface area contributed by atoms with Gasteiger partial charge in [-0.15, -0.1) is 0 Å². The molecule has 1 aromatic carbocycles. The highest BCUT2D eigenvalue weighted by Crippen LogP contribution is 2.14. The summed E-state index contributed by atoms with van der Waals surface area (Å²) < 4.78 is 1.70. The lowest BCUT2D eigenvalue weighted by atomic mass is 10.1. The molecule has 104 valence electrons. The van der Waals surface area contributed by atoms with Crippen molar-refractivity contribution in [2.45, 2.75) is 18.9 Å². The second kappa shape index (κ2) is 5.46. The van der Waals surface area contributed by atoms with Gasteiger partial charge in [-0.3, -0.25) is 4.79 Å². The zero-order valence-electron chi connectivity index (χ0n) is 11.1. The van der Waals surface area contributed by atoms with E-state index in [0.29, 0.717) is 31.6 Å². The molecule has 20 heavy (non-hydrogen) atoms. The van der Waals surface area contributed by atoms with Crippen LogP contribution in [0.4, 0.5) is 0 Å². The standard InChI is InChI=1S/C15H17N3O2/c19-13-6-9-17(10-7-13)15(20)14-8-11-18(16-14)12-4-2-1-3-5-12/h1-5,8,11,13,19H,6-7,9-10H2. The summed E-state index contributed by atoms with van der Waals surface area (Å²) in [6, 6.07) is 11.4. The summed E-state index contributed by atoms with van der Waals surface area (Å²) in [7, 11) is 0. The maximum Gasteiger partial charge on any atom is 0.274 e. The van der Waals surface area contributed by atoms with E-state index in [1.807, 2.05) is 30.3 Å². The number of aliphatic hydroxyl groups excluding tert-OH is 1. The molecule has 1 aliphatic heterocycles. The van der Waals surface area contributed by atoms with Gasteiger partial charge in [0.25, 0.3) is 5.91 Å². The maximum atomic E-state index is 12.3. The van der Waals surface area contributed by atoms with Crippen molar-refractivity contribution in [3.63, 3.8) is 0 Å². The average molecular weight is 271 g/mol. The first-order valence-electron chi connectivity index (χ1n) is 6.82. The van der Waals surface area contributed by atoms with Gasteiger partial charge in [0.2, 0.25) is 0 Å². The van der Waals surface area contributed by atoms with Gasteiger partial charge in [0.05, 0.1) is 11.8 Å². The topological polar surface area (TPSA) is 58.4 Å². The predicted molar refractivity (Wildman–Crippen MR) is 74.7 cm³/mol. The molecular weight excluding hydrogens is 254 g/mol. The van der Waals surface area contributed by atoms with Crippen molar-refractivity contribution in [2.75, 3.05) is 13.1 Å². The second-order valence-electron chi connectivity index (χ2n) is 5.00. The first-order chi connectivity index (χ1) is 9.74. The van der Waals surface area contributed by atoms with Gasteiger partial charge < -0.3 is 10.0 Å². The van der Waals surface area contributed by atoms with Crippen LogP contribution in [0.5, 0.6) is 0 Å². The third-order valence-electron chi connectivity index (χ3n) is 3.58. The molecule has 0 atom stereocenters. The minimum atomic E-state index is -0.277. The van der Waals surface area contributed by atoms with Gasteiger partial charge in [0.15, 0.2) is 5.69 Å².